The van der Waals surface area contributed by atoms with E-state index in [2.05, 4.69) is 12.1 Å². The highest BCUT2D eigenvalue weighted by molar-refractivity contribution is 5.38. The topological polar surface area (TPSA) is 109 Å². The van der Waals surface area contributed by atoms with Crippen LogP contribution in [0.25, 0.3) is 0 Å². The standard InChI is InChI=1S/C29H32O7/c1-17-6-9-19(29-28(33)27(32)26(31)24(14-30)36-29)13-21(17)12-18-7-10-22(11-8-18)34-16-25-23-5-3-2-4-20(23)15-35-25/h2-11,13,24-33H,12,14-16H2,1H3/t24-,25+,26-,27+,28-,29+/m1/s1. The van der Waals surface area contributed by atoms with Gasteiger partial charge in [-0.15, -0.1) is 0 Å². The van der Waals surface area contributed by atoms with Crippen LogP contribution >= 0.6 is 0 Å². The molecule has 0 bridgehead atoms. The van der Waals surface area contributed by atoms with Crippen LogP contribution in [-0.2, 0) is 22.5 Å². The molecule has 2 aliphatic heterocycles. The van der Waals surface area contributed by atoms with Crippen LogP contribution in [0.3, 0.4) is 0 Å². The molecule has 6 atom stereocenters. The molecule has 0 aliphatic carbocycles. The molecule has 1 saturated heterocycles. The lowest BCUT2D eigenvalue weighted by Gasteiger charge is -2.40. The van der Waals surface area contributed by atoms with Gasteiger partial charge in [0.1, 0.15) is 49.0 Å². The van der Waals surface area contributed by atoms with E-state index in [9.17, 15) is 20.4 Å². The third-order valence-electron chi connectivity index (χ3n) is 7.16. The van der Waals surface area contributed by atoms with Crippen molar-refractivity contribution >= 4 is 0 Å². The predicted octanol–water partition coefficient (Wildman–Crippen LogP) is 2.75. The van der Waals surface area contributed by atoms with Gasteiger partial charge < -0.3 is 34.6 Å². The van der Waals surface area contributed by atoms with Crippen LogP contribution in [0.1, 0.15) is 45.6 Å². The van der Waals surface area contributed by atoms with Gasteiger partial charge in [-0.25, -0.2) is 0 Å². The van der Waals surface area contributed by atoms with E-state index in [0.29, 0.717) is 25.2 Å². The second kappa shape index (κ2) is 10.7. The molecular formula is C29H32O7. The fourth-order valence-electron chi connectivity index (χ4n) is 4.93. The molecule has 2 aliphatic rings. The van der Waals surface area contributed by atoms with Gasteiger partial charge in [0.25, 0.3) is 0 Å². The Labute approximate surface area is 210 Å². The SMILES string of the molecule is Cc1ccc([C@@H]2O[C@H](CO)[C@@H](O)[C@H](O)[C@H]2O)cc1Cc1ccc(OC[C@@H]2OCc3ccccc32)cc1. The van der Waals surface area contributed by atoms with E-state index in [4.69, 9.17) is 14.2 Å². The summed E-state index contributed by atoms with van der Waals surface area (Å²) >= 11 is 0. The lowest BCUT2D eigenvalue weighted by atomic mass is 9.89. The highest BCUT2D eigenvalue weighted by atomic mass is 16.5. The first kappa shape index (κ1) is 24.9. The minimum Gasteiger partial charge on any atom is -0.491 e. The quantitative estimate of drug-likeness (QED) is 0.402. The van der Waals surface area contributed by atoms with Crippen molar-refractivity contribution in [3.8, 4) is 5.75 Å². The number of aliphatic hydroxyl groups excluding tert-OH is 4. The number of aryl methyl sites for hydroxylation is 1. The van der Waals surface area contributed by atoms with Crippen molar-refractivity contribution in [3.05, 3.63) is 100 Å². The Morgan fingerprint density at radius 1 is 0.917 bits per heavy atom. The number of fused-ring (bicyclic) bond motifs is 1. The molecule has 1 fully saturated rings. The van der Waals surface area contributed by atoms with Gasteiger partial charge in [-0.1, -0.05) is 54.6 Å². The fraction of sp³-hybridized carbons (Fsp3) is 0.379. The number of rotatable bonds is 7. The molecule has 5 rings (SSSR count). The maximum Gasteiger partial charge on any atom is 0.119 e. The van der Waals surface area contributed by atoms with E-state index in [-0.39, 0.29) is 6.10 Å². The molecule has 0 radical (unpaired) electrons. The zero-order chi connectivity index (χ0) is 25.2. The zero-order valence-electron chi connectivity index (χ0n) is 20.2. The second-order valence-corrected chi connectivity index (χ2v) is 9.57. The van der Waals surface area contributed by atoms with Crippen LogP contribution in [0.15, 0.2) is 66.7 Å². The predicted molar refractivity (Wildman–Crippen MR) is 133 cm³/mol. The molecule has 36 heavy (non-hydrogen) atoms. The van der Waals surface area contributed by atoms with E-state index in [1.807, 2.05) is 61.5 Å². The summed E-state index contributed by atoms with van der Waals surface area (Å²) in [6, 6.07) is 21.9. The molecule has 0 spiro atoms. The first-order chi connectivity index (χ1) is 17.4. The molecule has 3 aromatic carbocycles. The van der Waals surface area contributed by atoms with Gasteiger partial charge in [-0.05, 0) is 58.9 Å². The van der Waals surface area contributed by atoms with Crippen molar-refractivity contribution in [1.29, 1.82) is 0 Å². The summed E-state index contributed by atoms with van der Waals surface area (Å²) in [5, 5.41) is 40.2. The van der Waals surface area contributed by atoms with Crippen molar-refractivity contribution in [2.45, 2.75) is 56.6 Å². The van der Waals surface area contributed by atoms with Gasteiger partial charge in [-0.2, -0.15) is 0 Å². The molecule has 0 saturated carbocycles. The molecule has 190 valence electrons. The summed E-state index contributed by atoms with van der Waals surface area (Å²) in [7, 11) is 0. The number of ether oxygens (including phenoxy) is 3. The van der Waals surface area contributed by atoms with Gasteiger partial charge >= 0.3 is 0 Å². The molecule has 0 unspecified atom stereocenters. The first-order valence-electron chi connectivity index (χ1n) is 12.3. The van der Waals surface area contributed by atoms with Crippen molar-refractivity contribution in [1.82, 2.24) is 0 Å². The van der Waals surface area contributed by atoms with Crippen molar-refractivity contribution in [2.24, 2.45) is 0 Å². The fourth-order valence-corrected chi connectivity index (χ4v) is 4.93. The van der Waals surface area contributed by atoms with Crippen molar-refractivity contribution in [3.63, 3.8) is 0 Å². The third kappa shape index (κ3) is 5.04. The van der Waals surface area contributed by atoms with E-state index in [1.54, 1.807) is 0 Å². The number of hydrogen-bond acceptors (Lipinski definition) is 7. The van der Waals surface area contributed by atoms with Crippen LogP contribution in [0.5, 0.6) is 5.75 Å². The average molecular weight is 493 g/mol. The van der Waals surface area contributed by atoms with Crippen LogP contribution in [0.4, 0.5) is 0 Å². The number of benzene rings is 3. The first-order valence-corrected chi connectivity index (χ1v) is 12.3. The van der Waals surface area contributed by atoms with Gasteiger partial charge in [0.2, 0.25) is 0 Å². The van der Waals surface area contributed by atoms with Crippen molar-refractivity contribution < 1.29 is 34.6 Å². The van der Waals surface area contributed by atoms with Gasteiger partial charge in [0, 0.05) is 0 Å². The van der Waals surface area contributed by atoms with E-state index >= 15 is 0 Å². The lowest BCUT2D eigenvalue weighted by Crippen LogP contribution is -2.55. The Bertz CT molecular complexity index is 1180. The maximum atomic E-state index is 10.5. The van der Waals surface area contributed by atoms with Crippen LogP contribution in [-0.4, -0.2) is 58.1 Å². The Hall–Kier alpha value is -2.78. The smallest absolute Gasteiger partial charge is 0.119 e. The second-order valence-electron chi connectivity index (χ2n) is 9.57. The summed E-state index contributed by atoms with van der Waals surface area (Å²) < 4.78 is 17.6. The monoisotopic (exact) mass is 492 g/mol. The Balaban J connectivity index is 1.25. The summed E-state index contributed by atoms with van der Waals surface area (Å²) in [6.45, 7) is 2.64. The molecule has 0 aromatic heterocycles. The van der Waals surface area contributed by atoms with E-state index in [1.165, 1.54) is 11.1 Å². The highest BCUT2D eigenvalue weighted by Crippen LogP contribution is 2.34. The summed E-state index contributed by atoms with van der Waals surface area (Å²) in [5.74, 6) is 0.776. The van der Waals surface area contributed by atoms with Crippen LogP contribution in [0.2, 0.25) is 0 Å². The molecular weight excluding hydrogens is 460 g/mol. The molecule has 2 heterocycles. The Morgan fingerprint density at radius 3 is 2.47 bits per heavy atom. The molecule has 7 heteroatoms. The molecule has 0 amide bonds. The largest absolute Gasteiger partial charge is 0.491 e. The maximum absolute atomic E-state index is 10.5. The van der Waals surface area contributed by atoms with Gasteiger partial charge in [0.15, 0.2) is 0 Å². The summed E-state index contributed by atoms with van der Waals surface area (Å²) in [4.78, 5) is 0. The Kier molecular flexibility index (Phi) is 7.39. The summed E-state index contributed by atoms with van der Waals surface area (Å²) in [6.07, 6.45) is -5.26. The van der Waals surface area contributed by atoms with Crippen molar-refractivity contribution in [2.75, 3.05) is 13.2 Å². The van der Waals surface area contributed by atoms with Gasteiger partial charge in [-0.3, -0.25) is 0 Å². The molecule has 3 aromatic rings. The molecule has 4 N–H and O–H groups in total. The zero-order valence-corrected chi connectivity index (χ0v) is 20.2. The summed E-state index contributed by atoms with van der Waals surface area (Å²) in [5.41, 5.74) is 6.31. The lowest BCUT2D eigenvalue weighted by molar-refractivity contribution is -0.231. The minimum absolute atomic E-state index is 0.0614. The number of hydrogen-bond donors (Lipinski definition) is 4. The number of aliphatic hydroxyl groups is 4. The molecule has 7 nitrogen and oxygen atoms in total. The Morgan fingerprint density at radius 2 is 1.69 bits per heavy atom. The third-order valence-corrected chi connectivity index (χ3v) is 7.16. The van der Waals surface area contributed by atoms with E-state index < -0.39 is 37.1 Å². The van der Waals surface area contributed by atoms with Gasteiger partial charge in [0.05, 0.1) is 13.2 Å². The average Bonchev–Trinajstić information content (AvgIpc) is 3.32. The normalized spacial score (nSPS) is 27.6. The van der Waals surface area contributed by atoms with Crippen LogP contribution < -0.4 is 4.74 Å². The highest BCUT2D eigenvalue weighted by Gasteiger charge is 2.44. The van der Waals surface area contributed by atoms with Crippen LogP contribution in [0, 0.1) is 6.92 Å². The minimum atomic E-state index is -1.40. The van der Waals surface area contributed by atoms with E-state index in [0.717, 1.165) is 22.4 Å².